The fraction of sp³-hybridized carbons (Fsp3) is 0.333. The van der Waals surface area contributed by atoms with Crippen molar-refractivity contribution in [3.05, 3.63) is 35.9 Å². The van der Waals surface area contributed by atoms with E-state index in [0.29, 0.717) is 13.2 Å². The van der Waals surface area contributed by atoms with Crippen molar-refractivity contribution in [1.82, 2.24) is 9.88 Å². The van der Waals surface area contributed by atoms with Gasteiger partial charge in [0.2, 0.25) is 0 Å². The lowest BCUT2D eigenvalue weighted by Crippen LogP contribution is -2.21. The minimum absolute atomic E-state index is 0.636. The first-order valence-electron chi connectivity index (χ1n) is 8.00. The highest BCUT2D eigenvalue weighted by molar-refractivity contribution is 5.76. The van der Waals surface area contributed by atoms with E-state index in [9.17, 15) is 0 Å². The van der Waals surface area contributed by atoms with Crippen LogP contribution in [0.3, 0.4) is 0 Å². The second-order valence-corrected chi connectivity index (χ2v) is 5.76. The van der Waals surface area contributed by atoms with E-state index >= 15 is 0 Å². The highest BCUT2D eigenvalue weighted by atomic mass is 16.5. The molecule has 0 amide bonds. The Kier molecular flexibility index (Phi) is 4.96. The number of aromatic nitrogens is 1. The van der Waals surface area contributed by atoms with Gasteiger partial charge < -0.3 is 20.3 Å². The van der Waals surface area contributed by atoms with Gasteiger partial charge in [0.1, 0.15) is 5.82 Å². The van der Waals surface area contributed by atoms with Gasteiger partial charge in [-0.1, -0.05) is 12.1 Å². The van der Waals surface area contributed by atoms with E-state index in [0.717, 1.165) is 40.6 Å². The van der Waals surface area contributed by atoms with E-state index in [4.69, 9.17) is 9.72 Å². The Hall–Kier alpha value is -2.60. The van der Waals surface area contributed by atoms with Crippen molar-refractivity contribution in [3.63, 3.8) is 0 Å². The summed E-state index contributed by atoms with van der Waals surface area (Å²) in [5.41, 5.74) is 5.15. The number of aliphatic imine (C=N–C) groups is 1. The molecule has 0 unspecified atom stereocenters. The average molecular weight is 325 g/mol. The molecule has 2 heterocycles. The standard InChI is InChI=1S/C18H23N5O/c1-19-14-6-4-13(5-7-14)16-10-17-15(11-23(2)12-21-17)18(22-16)20-8-9-24-3/h4-7,10,12,19H,8-9,11H2,1-3H3,(H,20,22). The maximum absolute atomic E-state index is 5.13. The molecule has 24 heavy (non-hydrogen) atoms. The monoisotopic (exact) mass is 325 g/mol. The van der Waals surface area contributed by atoms with Crippen LogP contribution in [-0.4, -0.2) is 50.6 Å². The van der Waals surface area contributed by atoms with Crippen LogP contribution in [0.2, 0.25) is 0 Å². The average Bonchev–Trinajstić information content (AvgIpc) is 2.62. The molecule has 0 atom stereocenters. The number of pyridine rings is 1. The Balaban J connectivity index is 1.98. The van der Waals surface area contributed by atoms with Crippen LogP contribution in [0.25, 0.3) is 11.3 Å². The molecule has 0 aliphatic carbocycles. The molecule has 0 radical (unpaired) electrons. The molecule has 126 valence electrons. The van der Waals surface area contributed by atoms with Crippen molar-refractivity contribution < 1.29 is 4.74 Å². The summed E-state index contributed by atoms with van der Waals surface area (Å²) in [6.07, 6.45) is 1.86. The van der Waals surface area contributed by atoms with Crippen LogP contribution in [0.4, 0.5) is 17.2 Å². The quantitative estimate of drug-likeness (QED) is 0.800. The molecule has 2 N–H and O–H groups in total. The summed E-state index contributed by atoms with van der Waals surface area (Å²) in [5, 5.41) is 6.51. The first-order valence-corrected chi connectivity index (χ1v) is 8.00. The molecule has 1 aromatic heterocycles. The van der Waals surface area contributed by atoms with Gasteiger partial charge in [-0.25, -0.2) is 9.98 Å². The van der Waals surface area contributed by atoms with E-state index in [1.165, 1.54) is 0 Å². The normalized spacial score (nSPS) is 12.9. The molecule has 1 aliphatic rings. The number of nitrogens with one attached hydrogen (secondary N) is 2. The third kappa shape index (κ3) is 3.49. The number of hydrogen-bond donors (Lipinski definition) is 2. The molecule has 1 aromatic carbocycles. The van der Waals surface area contributed by atoms with Crippen molar-refractivity contribution >= 4 is 23.5 Å². The Labute approximate surface area is 142 Å². The summed E-state index contributed by atoms with van der Waals surface area (Å²) in [6.45, 7) is 2.14. The number of ether oxygens (including phenoxy) is 1. The van der Waals surface area contributed by atoms with Crippen LogP contribution in [0.15, 0.2) is 35.3 Å². The van der Waals surface area contributed by atoms with Gasteiger partial charge in [0, 0.05) is 51.1 Å². The third-order valence-corrected chi connectivity index (χ3v) is 3.97. The number of nitrogens with zero attached hydrogens (tertiary/aromatic N) is 3. The van der Waals surface area contributed by atoms with E-state index in [2.05, 4.69) is 33.8 Å². The lowest BCUT2D eigenvalue weighted by Gasteiger charge is -2.23. The van der Waals surface area contributed by atoms with Gasteiger partial charge in [0.25, 0.3) is 0 Å². The predicted octanol–water partition coefficient (Wildman–Crippen LogP) is 2.95. The van der Waals surface area contributed by atoms with E-state index < -0.39 is 0 Å². The molecule has 0 saturated heterocycles. The van der Waals surface area contributed by atoms with Gasteiger partial charge in [0.15, 0.2) is 0 Å². The largest absolute Gasteiger partial charge is 0.388 e. The van der Waals surface area contributed by atoms with Crippen LogP contribution in [0, 0.1) is 0 Å². The molecule has 6 nitrogen and oxygen atoms in total. The Morgan fingerprint density at radius 3 is 2.75 bits per heavy atom. The highest BCUT2D eigenvalue weighted by Crippen LogP contribution is 2.33. The number of anilines is 2. The van der Waals surface area contributed by atoms with Gasteiger partial charge in [-0.2, -0.15) is 0 Å². The topological polar surface area (TPSA) is 61.8 Å². The highest BCUT2D eigenvalue weighted by Gasteiger charge is 2.17. The van der Waals surface area contributed by atoms with Gasteiger partial charge in [-0.15, -0.1) is 0 Å². The molecule has 3 rings (SSSR count). The molecule has 1 aliphatic heterocycles. The Morgan fingerprint density at radius 1 is 1.25 bits per heavy atom. The first-order chi connectivity index (χ1) is 11.7. The van der Waals surface area contributed by atoms with E-state index in [-0.39, 0.29) is 0 Å². The zero-order valence-electron chi connectivity index (χ0n) is 14.3. The number of benzene rings is 1. The molecule has 2 aromatic rings. The van der Waals surface area contributed by atoms with Crippen molar-refractivity contribution in [2.24, 2.45) is 4.99 Å². The molecule has 0 saturated carbocycles. The molecule has 6 heteroatoms. The number of methoxy groups -OCH3 is 1. The Morgan fingerprint density at radius 2 is 2.04 bits per heavy atom. The smallest absolute Gasteiger partial charge is 0.133 e. The van der Waals surface area contributed by atoms with Crippen molar-refractivity contribution in [2.45, 2.75) is 6.54 Å². The Bertz CT molecular complexity index is 727. The van der Waals surface area contributed by atoms with Crippen LogP contribution in [-0.2, 0) is 11.3 Å². The lowest BCUT2D eigenvalue weighted by atomic mass is 10.1. The van der Waals surface area contributed by atoms with Crippen LogP contribution >= 0.6 is 0 Å². The summed E-state index contributed by atoms with van der Waals surface area (Å²) in [5.74, 6) is 0.876. The number of fused-ring (bicyclic) bond motifs is 1. The second-order valence-electron chi connectivity index (χ2n) is 5.76. The van der Waals surface area contributed by atoms with Crippen LogP contribution < -0.4 is 10.6 Å². The zero-order valence-corrected chi connectivity index (χ0v) is 14.3. The first kappa shape index (κ1) is 16.3. The van der Waals surface area contributed by atoms with Gasteiger partial charge in [-0.3, -0.25) is 0 Å². The SMILES string of the molecule is CNc1ccc(-c2cc3c(c(NCCOC)n2)CN(C)C=N3)cc1. The van der Waals surface area contributed by atoms with Crippen molar-refractivity contribution in [2.75, 3.05) is 45.0 Å². The molecule has 0 spiro atoms. The molecular weight excluding hydrogens is 302 g/mol. The van der Waals surface area contributed by atoms with Crippen LogP contribution in [0.1, 0.15) is 5.56 Å². The molecule has 0 fully saturated rings. The van der Waals surface area contributed by atoms with Crippen molar-refractivity contribution in [1.29, 1.82) is 0 Å². The summed E-state index contributed by atoms with van der Waals surface area (Å²) >= 11 is 0. The van der Waals surface area contributed by atoms with Gasteiger partial charge in [-0.05, 0) is 18.2 Å². The van der Waals surface area contributed by atoms with Crippen LogP contribution in [0.5, 0.6) is 0 Å². The minimum atomic E-state index is 0.636. The predicted molar refractivity (Wildman–Crippen MR) is 99.2 cm³/mol. The molecule has 0 bridgehead atoms. The second kappa shape index (κ2) is 7.31. The van der Waals surface area contributed by atoms with Gasteiger partial charge in [0.05, 0.1) is 24.3 Å². The summed E-state index contributed by atoms with van der Waals surface area (Å²) in [7, 11) is 5.62. The third-order valence-electron chi connectivity index (χ3n) is 3.97. The summed E-state index contributed by atoms with van der Waals surface area (Å²) in [6, 6.07) is 10.3. The lowest BCUT2D eigenvalue weighted by molar-refractivity contribution is 0.210. The van der Waals surface area contributed by atoms with E-state index in [1.54, 1.807) is 7.11 Å². The summed E-state index contributed by atoms with van der Waals surface area (Å²) in [4.78, 5) is 11.4. The fourth-order valence-electron chi connectivity index (χ4n) is 2.65. The number of hydrogen-bond acceptors (Lipinski definition) is 6. The van der Waals surface area contributed by atoms with E-state index in [1.807, 2.05) is 37.5 Å². The molecular formula is C18H23N5O. The minimum Gasteiger partial charge on any atom is -0.388 e. The van der Waals surface area contributed by atoms with Crippen molar-refractivity contribution in [3.8, 4) is 11.3 Å². The maximum atomic E-state index is 5.13. The maximum Gasteiger partial charge on any atom is 0.133 e. The fourth-order valence-corrected chi connectivity index (χ4v) is 2.65. The van der Waals surface area contributed by atoms with Gasteiger partial charge >= 0.3 is 0 Å². The number of rotatable bonds is 6. The zero-order chi connectivity index (χ0) is 16.9. The summed E-state index contributed by atoms with van der Waals surface area (Å²) < 4.78 is 5.13.